The van der Waals surface area contributed by atoms with Crippen molar-refractivity contribution < 1.29 is 19.0 Å². The smallest absolute Gasteiger partial charge is 0.255 e. The number of carbonyl (C=O) groups excluding carboxylic acids is 1. The quantitative estimate of drug-likeness (QED) is 0.583. The maximum atomic E-state index is 13.1. The third-order valence-corrected chi connectivity index (χ3v) is 5.82. The lowest BCUT2D eigenvalue weighted by Crippen LogP contribution is -2.46. The van der Waals surface area contributed by atoms with Gasteiger partial charge in [-0.15, -0.1) is 0 Å². The highest BCUT2D eigenvalue weighted by Gasteiger charge is 2.21. The van der Waals surface area contributed by atoms with E-state index in [1.54, 1.807) is 12.1 Å². The zero-order valence-corrected chi connectivity index (χ0v) is 19.2. The Morgan fingerprint density at radius 3 is 1.94 bits per heavy atom. The van der Waals surface area contributed by atoms with Crippen LogP contribution in [-0.4, -0.2) is 53.4 Å². The standard InChI is InChI=1S/C26H29N3O4/c1-31-23-17-19(18-24(32-2)25(23)33-3)26(30)27-21-11-7-8-12-22(21)29-15-13-28(14-16-29)20-9-5-4-6-10-20/h4-12,17-18H,13-16H2,1-3H3,(H,27,30). The molecular formula is C26H29N3O4. The van der Waals surface area contributed by atoms with Crippen molar-refractivity contribution in [2.45, 2.75) is 0 Å². The van der Waals surface area contributed by atoms with Gasteiger partial charge in [-0.05, 0) is 36.4 Å². The Bertz CT molecular complexity index is 1070. The van der Waals surface area contributed by atoms with Crippen molar-refractivity contribution in [2.75, 3.05) is 62.6 Å². The Morgan fingerprint density at radius 1 is 0.758 bits per heavy atom. The third kappa shape index (κ3) is 4.82. The van der Waals surface area contributed by atoms with E-state index in [0.29, 0.717) is 22.8 Å². The minimum atomic E-state index is -0.246. The van der Waals surface area contributed by atoms with Crippen molar-refractivity contribution in [3.05, 3.63) is 72.3 Å². The Kier molecular flexibility index (Phi) is 6.88. The van der Waals surface area contributed by atoms with E-state index in [1.165, 1.54) is 27.0 Å². The number of piperazine rings is 1. The molecule has 3 aromatic rings. The highest BCUT2D eigenvalue weighted by molar-refractivity contribution is 6.06. The Hall–Kier alpha value is -3.87. The SMILES string of the molecule is COc1cc(C(=O)Nc2ccccc2N2CCN(c3ccccc3)CC2)cc(OC)c1OC. The number of para-hydroxylation sites is 3. The number of amides is 1. The van der Waals surface area contributed by atoms with Gasteiger partial charge in [0.25, 0.3) is 5.91 Å². The molecule has 0 spiro atoms. The van der Waals surface area contributed by atoms with Crippen molar-refractivity contribution in [2.24, 2.45) is 0 Å². The molecule has 0 aliphatic carbocycles. The molecule has 1 aliphatic rings. The van der Waals surface area contributed by atoms with Crippen molar-refractivity contribution in [3.63, 3.8) is 0 Å². The molecule has 7 heteroatoms. The lowest BCUT2D eigenvalue weighted by molar-refractivity contribution is 0.102. The van der Waals surface area contributed by atoms with E-state index in [9.17, 15) is 4.79 Å². The summed E-state index contributed by atoms with van der Waals surface area (Å²) in [5.41, 5.74) is 3.43. The van der Waals surface area contributed by atoms with Crippen molar-refractivity contribution >= 4 is 23.0 Å². The van der Waals surface area contributed by atoms with Gasteiger partial charge in [0, 0.05) is 37.4 Å². The molecule has 172 valence electrons. The van der Waals surface area contributed by atoms with Gasteiger partial charge >= 0.3 is 0 Å². The molecule has 0 aromatic heterocycles. The van der Waals surface area contributed by atoms with E-state index in [0.717, 1.165) is 37.6 Å². The second-order valence-electron chi connectivity index (χ2n) is 7.69. The van der Waals surface area contributed by atoms with E-state index in [-0.39, 0.29) is 5.91 Å². The van der Waals surface area contributed by atoms with Crippen LogP contribution in [0.3, 0.4) is 0 Å². The van der Waals surface area contributed by atoms with E-state index in [2.05, 4.69) is 39.4 Å². The lowest BCUT2D eigenvalue weighted by Gasteiger charge is -2.38. The summed E-state index contributed by atoms with van der Waals surface area (Å²) < 4.78 is 16.1. The van der Waals surface area contributed by atoms with Crippen LogP contribution in [0.25, 0.3) is 0 Å². The van der Waals surface area contributed by atoms with Gasteiger partial charge in [0.1, 0.15) is 0 Å². The van der Waals surface area contributed by atoms with Crippen LogP contribution in [0.5, 0.6) is 17.2 Å². The van der Waals surface area contributed by atoms with E-state index < -0.39 is 0 Å². The highest BCUT2D eigenvalue weighted by atomic mass is 16.5. The molecule has 0 unspecified atom stereocenters. The fourth-order valence-electron chi connectivity index (χ4n) is 4.11. The molecule has 7 nitrogen and oxygen atoms in total. The lowest BCUT2D eigenvalue weighted by atomic mass is 10.1. The van der Waals surface area contributed by atoms with Crippen molar-refractivity contribution in [3.8, 4) is 17.2 Å². The molecule has 4 rings (SSSR count). The first-order valence-electron chi connectivity index (χ1n) is 10.9. The molecule has 0 bridgehead atoms. The number of carbonyl (C=O) groups is 1. The number of methoxy groups -OCH3 is 3. The summed E-state index contributed by atoms with van der Waals surface area (Å²) in [7, 11) is 4.60. The van der Waals surface area contributed by atoms with Crippen LogP contribution in [0.15, 0.2) is 66.7 Å². The molecule has 3 aromatic carbocycles. The molecule has 1 heterocycles. The van der Waals surface area contributed by atoms with Crippen LogP contribution in [-0.2, 0) is 0 Å². The number of hydrogen-bond acceptors (Lipinski definition) is 6. The minimum absolute atomic E-state index is 0.246. The topological polar surface area (TPSA) is 63.3 Å². The van der Waals surface area contributed by atoms with Gasteiger partial charge in [0.2, 0.25) is 5.75 Å². The van der Waals surface area contributed by atoms with Gasteiger partial charge in [0.15, 0.2) is 11.5 Å². The summed E-state index contributed by atoms with van der Waals surface area (Å²) >= 11 is 0. The van der Waals surface area contributed by atoms with Crippen LogP contribution in [0.4, 0.5) is 17.1 Å². The van der Waals surface area contributed by atoms with Gasteiger partial charge in [-0.1, -0.05) is 30.3 Å². The number of hydrogen-bond donors (Lipinski definition) is 1. The zero-order chi connectivity index (χ0) is 23.2. The molecule has 0 atom stereocenters. The maximum absolute atomic E-state index is 13.1. The Labute approximate surface area is 194 Å². The monoisotopic (exact) mass is 447 g/mol. The first-order chi connectivity index (χ1) is 16.1. The van der Waals surface area contributed by atoms with Crippen molar-refractivity contribution in [1.82, 2.24) is 0 Å². The summed E-state index contributed by atoms with van der Waals surface area (Å²) in [5.74, 6) is 1.08. The van der Waals surface area contributed by atoms with Crippen LogP contribution in [0.1, 0.15) is 10.4 Å². The van der Waals surface area contributed by atoms with Crippen LogP contribution < -0.4 is 29.3 Å². The maximum Gasteiger partial charge on any atom is 0.255 e. The van der Waals surface area contributed by atoms with Crippen LogP contribution in [0.2, 0.25) is 0 Å². The Morgan fingerprint density at radius 2 is 1.33 bits per heavy atom. The fourth-order valence-corrected chi connectivity index (χ4v) is 4.11. The minimum Gasteiger partial charge on any atom is -0.493 e. The predicted octanol–water partition coefficient (Wildman–Crippen LogP) is 4.29. The number of ether oxygens (including phenoxy) is 3. The second-order valence-corrected chi connectivity index (χ2v) is 7.69. The largest absolute Gasteiger partial charge is 0.493 e. The average molecular weight is 448 g/mol. The summed E-state index contributed by atoms with van der Waals surface area (Å²) in [6.07, 6.45) is 0. The molecule has 0 radical (unpaired) electrons. The molecule has 1 N–H and O–H groups in total. The number of anilines is 3. The van der Waals surface area contributed by atoms with Gasteiger partial charge in [0.05, 0.1) is 32.7 Å². The van der Waals surface area contributed by atoms with Gasteiger partial charge < -0.3 is 29.3 Å². The van der Waals surface area contributed by atoms with Gasteiger partial charge in [-0.2, -0.15) is 0 Å². The molecule has 1 fully saturated rings. The first kappa shape index (κ1) is 22.3. The molecule has 1 saturated heterocycles. The zero-order valence-electron chi connectivity index (χ0n) is 19.2. The average Bonchev–Trinajstić information content (AvgIpc) is 2.88. The van der Waals surface area contributed by atoms with E-state index in [4.69, 9.17) is 14.2 Å². The predicted molar refractivity (Wildman–Crippen MR) is 131 cm³/mol. The second kappa shape index (κ2) is 10.2. The fraction of sp³-hybridized carbons (Fsp3) is 0.269. The molecule has 1 amide bonds. The molecular weight excluding hydrogens is 418 g/mol. The molecule has 1 aliphatic heterocycles. The summed E-state index contributed by atoms with van der Waals surface area (Å²) in [4.78, 5) is 17.8. The summed E-state index contributed by atoms with van der Waals surface area (Å²) in [6.45, 7) is 3.57. The number of nitrogens with zero attached hydrogens (tertiary/aromatic N) is 2. The Balaban J connectivity index is 1.51. The van der Waals surface area contributed by atoms with Crippen LogP contribution in [0, 0.1) is 0 Å². The van der Waals surface area contributed by atoms with E-state index >= 15 is 0 Å². The molecule has 0 saturated carbocycles. The van der Waals surface area contributed by atoms with Crippen molar-refractivity contribution in [1.29, 1.82) is 0 Å². The normalized spacial score (nSPS) is 13.4. The van der Waals surface area contributed by atoms with Gasteiger partial charge in [-0.25, -0.2) is 0 Å². The van der Waals surface area contributed by atoms with E-state index in [1.807, 2.05) is 30.3 Å². The first-order valence-corrected chi connectivity index (χ1v) is 10.9. The summed E-state index contributed by atoms with van der Waals surface area (Å²) in [6, 6.07) is 21.6. The third-order valence-electron chi connectivity index (χ3n) is 5.82. The number of nitrogens with one attached hydrogen (secondary N) is 1. The number of benzene rings is 3. The highest BCUT2D eigenvalue weighted by Crippen LogP contribution is 2.38. The summed E-state index contributed by atoms with van der Waals surface area (Å²) in [5, 5.41) is 3.06. The van der Waals surface area contributed by atoms with Gasteiger partial charge in [-0.3, -0.25) is 4.79 Å². The van der Waals surface area contributed by atoms with Crippen LogP contribution >= 0.6 is 0 Å². The molecule has 33 heavy (non-hydrogen) atoms. The number of rotatable bonds is 7.